The van der Waals surface area contributed by atoms with Crippen LogP contribution in [0.1, 0.15) is 99.0 Å². The van der Waals surface area contributed by atoms with Crippen LogP contribution in [-0.2, 0) is 25.7 Å². The van der Waals surface area contributed by atoms with Gasteiger partial charge in [-0.3, -0.25) is 19.4 Å². The van der Waals surface area contributed by atoms with Crippen LogP contribution in [0.3, 0.4) is 0 Å². The molecule has 1 aromatic rings. The number of aliphatic imine (C=N–C) groups is 1. The van der Waals surface area contributed by atoms with Crippen LogP contribution in [0.25, 0.3) is 0 Å². The van der Waals surface area contributed by atoms with E-state index in [9.17, 15) is 14.4 Å². The van der Waals surface area contributed by atoms with Crippen LogP contribution >= 0.6 is 0 Å². The first-order valence-electron chi connectivity index (χ1n) is 17.8. The van der Waals surface area contributed by atoms with Crippen LogP contribution in [0.5, 0.6) is 0 Å². The third kappa shape index (κ3) is 4.60. The van der Waals surface area contributed by atoms with Gasteiger partial charge in [0.2, 0.25) is 5.91 Å². The van der Waals surface area contributed by atoms with Gasteiger partial charge in [0, 0.05) is 54.3 Å². The fraction of sp³-hybridized carbons (Fsp3) is 0.744. The maximum Gasteiger partial charge on any atom is 0.302 e. The highest BCUT2D eigenvalue weighted by Crippen LogP contribution is 2.88. The molecule has 0 radical (unpaired) electrons. The van der Waals surface area contributed by atoms with E-state index in [0.29, 0.717) is 18.7 Å². The maximum atomic E-state index is 14.9. The van der Waals surface area contributed by atoms with E-state index >= 15 is 0 Å². The van der Waals surface area contributed by atoms with E-state index in [2.05, 4.69) is 70.4 Å². The number of carbonyl (C=O) groups excluding carboxylic acids is 3. The third-order valence-electron chi connectivity index (χ3n) is 14.6. The van der Waals surface area contributed by atoms with Crippen LogP contribution in [0, 0.1) is 50.7 Å². The summed E-state index contributed by atoms with van der Waals surface area (Å²) in [5, 5.41) is 3.44. The predicted molar refractivity (Wildman–Crippen MR) is 181 cm³/mol. The van der Waals surface area contributed by atoms with Gasteiger partial charge in [0.25, 0.3) is 0 Å². The first-order chi connectivity index (χ1) is 21.6. The number of amides is 1. The lowest BCUT2D eigenvalue weighted by Crippen LogP contribution is -2.63. The van der Waals surface area contributed by atoms with Crippen LogP contribution in [0.2, 0.25) is 0 Å². The minimum Gasteiger partial charge on any atom is -0.462 e. The number of carbonyl (C=O) groups is 3. The summed E-state index contributed by atoms with van der Waals surface area (Å²) >= 11 is 0. The van der Waals surface area contributed by atoms with Gasteiger partial charge in [-0.2, -0.15) is 0 Å². The van der Waals surface area contributed by atoms with Crippen molar-refractivity contribution >= 4 is 23.9 Å². The second-order valence-electron chi connectivity index (χ2n) is 17.1. The van der Waals surface area contributed by atoms with Crippen molar-refractivity contribution in [3.8, 4) is 0 Å². The van der Waals surface area contributed by atoms with Crippen molar-refractivity contribution in [2.45, 2.75) is 118 Å². The van der Waals surface area contributed by atoms with Gasteiger partial charge in [0.1, 0.15) is 11.9 Å². The lowest BCUT2D eigenvalue weighted by atomic mass is 9.41. The summed E-state index contributed by atoms with van der Waals surface area (Å²) in [5.41, 5.74) is 0.0108. The summed E-state index contributed by atoms with van der Waals surface area (Å²) in [6.45, 7) is 15.4. The van der Waals surface area contributed by atoms with Crippen LogP contribution in [-0.4, -0.2) is 61.1 Å². The average molecular weight is 632 g/mol. The minimum absolute atomic E-state index is 0.0172. The highest BCUT2D eigenvalue weighted by molar-refractivity contribution is 5.92. The molecule has 0 saturated heterocycles. The summed E-state index contributed by atoms with van der Waals surface area (Å²) in [5.74, 6) is 0.813. The van der Waals surface area contributed by atoms with Crippen molar-refractivity contribution in [3.63, 3.8) is 0 Å². The Balaban J connectivity index is 1.38. The van der Waals surface area contributed by atoms with Gasteiger partial charge in [-0.25, -0.2) is 0 Å². The van der Waals surface area contributed by atoms with Crippen molar-refractivity contribution in [2.24, 2.45) is 55.7 Å². The Labute approximate surface area is 276 Å². The normalized spacial score (nSPS) is 43.5. The summed E-state index contributed by atoms with van der Waals surface area (Å²) in [7, 11) is 4.19. The molecule has 2 spiro atoms. The Kier molecular flexibility index (Phi) is 8.18. The number of fused-ring (bicyclic) bond motifs is 2. The van der Waals surface area contributed by atoms with Crippen molar-refractivity contribution < 1.29 is 19.1 Å². The molecule has 5 aliphatic rings. The number of rotatable bonds is 8. The van der Waals surface area contributed by atoms with Crippen molar-refractivity contribution in [2.75, 3.05) is 14.1 Å². The molecule has 0 heterocycles. The lowest BCUT2D eigenvalue weighted by molar-refractivity contribution is -0.168. The maximum absolute atomic E-state index is 14.9. The van der Waals surface area contributed by atoms with Gasteiger partial charge in [-0.15, -0.1) is 0 Å². The molecule has 7 nitrogen and oxygen atoms in total. The summed E-state index contributed by atoms with van der Waals surface area (Å²) in [6.07, 6.45) is 8.08. The summed E-state index contributed by atoms with van der Waals surface area (Å²) < 4.78 is 6.13. The number of ketones is 1. The monoisotopic (exact) mass is 631 g/mol. The Morgan fingerprint density at radius 2 is 1.72 bits per heavy atom. The second kappa shape index (κ2) is 11.3. The average Bonchev–Trinajstić information content (AvgIpc) is 3.62. The van der Waals surface area contributed by atoms with Gasteiger partial charge in [0.05, 0.1) is 6.54 Å². The van der Waals surface area contributed by atoms with Gasteiger partial charge in [-0.1, -0.05) is 65.0 Å². The van der Waals surface area contributed by atoms with Crippen LogP contribution in [0.4, 0.5) is 0 Å². The Hall–Kier alpha value is -2.54. The molecular weight excluding hydrogens is 574 g/mol. The van der Waals surface area contributed by atoms with E-state index in [-0.39, 0.29) is 80.8 Å². The molecule has 1 amide bonds. The molecule has 252 valence electrons. The van der Waals surface area contributed by atoms with E-state index in [1.54, 1.807) is 0 Å². The molecule has 1 aromatic carbocycles. The number of esters is 1. The molecule has 0 bridgehead atoms. The van der Waals surface area contributed by atoms with Crippen LogP contribution in [0.15, 0.2) is 35.3 Å². The van der Waals surface area contributed by atoms with Crippen molar-refractivity contribution in [3.05, 3.63) is 35.9 Å². The summed E-state index contributed by atoms with van der Waals surface area (Å²) in [4.78, 5) is 47.7. The molecule has 46 heavy (non-hydrogen) atoms. The second-order valence-corrected chi connectivity index (χ2v) is 17.1. The quantitative estimate of drug-likeness (QED) is 0.262. The lowest BCUT2D eigenvalue weighted by Gasteiger charge is -2.62. The van der Waals surface area contributed by atoms with E-state index < -0.39 is 0 Å². The van der Waals surface area contributed by atoms with E-state index in [4.69, 9.17) is 9.73 Å². The highest BCUT2D eigenvalue weighted by Gasteiger charge is 2.86. The number of hydrogen-bond donors (Lipinski definition) is 1. The molecule has 1 N–H and O–H groups in total. The Morgan fingerprint density at radius 1 is 1.04 bits per heavy atom. The molecule has 5 aliphatic carbocycles. The highest BCUT2D eigenvalue weighted by atomic mass is 16.5. The number of nitrogens with zero attached hydrogens (tertiary/aromatic N) is 2. The molecular formula is C39H57N3O4. The third-order valence-corrected chi connectivity index (χ3v) is 14.6. The number of Topliss-reactive ketones (excluding diaryl/α,β-unsaturated/α-hetero) is 1. The van der Waals surface area contributed by atoms with Gasteiger partial charge < -0.3 is 15.0 Å². The topological polar surface area (TPSA) is 88.1 Å². The smallest absolute Gasteiger partial charge is 0.302 e. The number of benzene rings is 1. The van der Waals surface area contributed by atoms with E-state index in [1.807, 2.05) is 32.0 Å². The Morgan fingerprint density at radius 3 is 2.35 bits per heavy atom. The number of nitrogens with one attached hydrogen (secondary N) is 1. The summed E-state index contributed by atoms with van der Waals surface area (Å²) in [6, 6.07) is 10.5. The first-order valence-corrected chi connectivity index (χ1v) is 17.8. The molecule has 0 aliphatic heterocycles. The van der Waals surface area contributed by atoms with Gasteiger partial charge in [0.15, 0.2) is 0 Å². The first kappa shape index (κ1) is 33.4. The zero-order chi connectivity index (χ0) is 33.4. The minimum atomic E-state index is -0.355. The zero-order valence-electron chi connectivity index (χ0n) is 29.7. The molecule has 11 atom stereocenters. The number of ether oxygens (including phenoxy) is 1. The van der Waals surface area contributed by atoms with E-state index in [1.165, 1.54) is 12.5 Å². The molecule has 1 unspecified atom stereocenters. The van der Waals surface area contributed by atoms with Crippen molar-refractivity contribution in [1.82, 2.24) is 10.2 Å². The molecule has 6 rings (SSSR count). The van der Waals surface area contributed by atoms with Gasteiger partial charge >= 0.3 is 5.97 Å². The predicted octanol–water partition coefficient (Wildman–Crippen LogP) is 6.49. The standard InChI is InChI=1S/C39H57N3O4/c1-24(2)34(45)41-31-17-18-38-22-39(38)30(16-15-29(38)35(31,5)23-40-21-27-13-11-10-12-14-27)36(6)19-28(46-26(4)43)33(25(3)42(8)9)37(36,7)20-32(39)44/h10-14,23-25,28-31,33H,15-22H2,1-9H3,(H,41,45)/b40-23+/t25-,28+,29-,30-,31-,33-,35-,36-,37+,38?,39-/m0/s1. The molecule has 7 heteroatoms. The molecule has 5 saturated carbocycles. The Bertz CT molecular complexity index is 1410. The fourth-order valence-corrected chi connectivity index (χ4v) is 12.1. The van der Waals surface area contributed by atoms with Gasteiger partial charge in [-0.05, 0) is 93.2 Å². The SMILES string of the molecule is CC(=O)O[C@@H]1C[C@@]2(C)[C@@H]3CC[C@@H]4C5(CC[C@H](NC(=O)C(C)C)[C@@]4(C)/C=N/Cc4ccccc4)C[C@@]35C(=O)C[C@]2(C)[C@H]1[C@H](C)N(C)C. The molecule has 5 fully saturated rings. The zero-order valence-corrected chi connectivity index (χ0v) is 29.7. The van der Waals surface area contributed by atoms with E-state index in [0.717, 1.165) is 38.5 Å². The van der Waals surface area contributed by atoms with Crippen molar-refractivity contribution in [1.29, 1.82) is 0 Å². The molecule has 0 aromatic heterocycles. The fourth-order valence-electron chi connectivity index (χ4n) is 12.1. The largest absolute Gasteiger partial charge is 0.462 e. The number of hydrogen-bond acceptors (Lipinski definition) is 6. The van der Waals surface area contributed by atoms with Crippen LogP contribution < -0.4 is 5.32 Å².